The first-order valence-corrected chi connectivity index (χ1v) is 6.67. The van der Waals surface area contributed by atoms with E-state index in [1.54, 1.807) is 19.2 Å². The van der Waals surface area contributed by atoms with Crippen molar-refractivity contribution in [1.29, 1.82) is 0 Å². The lowest BCUT2D eigenvalue weighted by atomic mass is 10.1. The van der Waals surface area contributed by atoms with Crippen LogP contribution in [0, 0.1) is 17.0 Å². The maximum absolute atomic E-state index is 10.8. The van der Waals surface area contributed by atoms with Gasteiger partial charge in [0, 0.05) is 24.9 Å². The van der Waals surface area contributed by atoms with Crippen molar-refractivity contribution in [3.8, 4) is 0 Å². The molecule has 0 spiro atoms. The smallest absolute Gasteiger partial charge is 0.269 e. The van der Waals surface area contributed by atoms with Gasteiger partial charge in [0.25, 0.3) is 5.69 Å². The van der Waals surface area contributed by atoms with Gasteiger partial charge in [-0.15, -0.1) is 0 Å². The van der Waals surface area contributed by atoms with E-state index in [0.717, 1.165) is 16.8 Å². The molecule has 2 rings (SSSR count). The van der Waals surface area contributed by atoms with Crippen molar-refractivity contribution in [3.05, 3.63) is 69.8 Å². The first kappa shape index (κ1) is 15.0. The number of anilines is 1. The van der Waals surface area contributed by atoms with E-state index in [2.05, 4.69) is 5.32 Å². The maximum atomic E-state index is 10.8. The normalized spacial score (nSPS) is 11.9. The summed E-state index contributed by atoms with van der Waals surface area (Å²) >= 11 is 0. The first-order valence-electron chi connectivity index (χ1n) is 6.67. The molecule has 0 bridgehead atoms. The monoisotopic (exact) mass is 286 g/mol. The van der Waals surface area contributed by atoms with Gasteiger partial charge in [0.15, 0.2) is 0 Å². The van der Waals surface area contributed by atoms with Gasteiger partial charge in [-0.25, -0.2) is 0 Å². The lowest BCUT2D eigenvalue weighted by Crippen LogP contribution is -2.16. The molecule has 5 nitrogen and oxygen atoms in total. The summed E-state index contributed by atoms with van der Waals surface area (Å²) in [5.74, 6) is 0. The number of hydrogen-bond donors (Lipinski definition) is 1. The van der Waals surface area contributed by atoms with Gasteiger partial charge < -0.3 is 10.1 Å². The standard InChI is InChI=1S/C16H18N2O3/c1-12-10-14(18(19)20)8-9-15(12)17-16(11-21-2)13-6-4-3-5-7-13/h3-10,16-17H,11H2,1-2H3. The van der Waals surface area contributed by atoms with Crippen LogP contribution in [0.2, 0.25) is 0 Å². The summed E-state index contributed by atoms with van der Waals surface area (Å²) in [6.07, 6.45) is 0. The highest BCUT2D eigenvalue weighted by Crippen LogP contribution is 2.25. The fourth-order valence-corrected chi connectivity index (χ4v) is 2.18. The van der Waals surface area contributed by atoms with Gasteiger partial charge in [0.05, 0.1) is 17.6 Å². The predicted octanol–water partition coefficient (Wildman–Crippen LogP) is 3.70. The van der Waals surface area contributed by atoms with Crippen molar-refractivity contribution >= 4 is 11.4 Å². The molecule has 2 aromatic rings. The molecule has 0 aliphatic heterocycles. The Balaban J connectivity index is 2.23. The summed E-state index contributed by atoms with van der Waals surface area (Å²) in [6, 6.07) is 14.8. The second-order valence-corrected chi connectivity index (χ2v) is 4.82. The Bertz CT molecular complexity index is 614. The third-order valence-corrected chi connectivity index (χ3v) is 3.29. The summed E-state index contributed by atoms with van der Waals surface area (Å²) in [6.45, 7) is 2.37. The van der Waals surface area contributed by atoms with Crippen LogP contribution in [-0.4, -0.2) is 18.6 Å². The van der Waals surface area contributed by atoms with Crippen molar-refractivity contribution in [1.82, 2.24) is 0 Å². The molecule has 0 fully saturated rings. The second-order valence-electron chi connectivity index (χ2n) is 4.82. The molecule has 1 atom stereocenters. The summed E-state index contributed by atoms with van der Waals surface area (Å²) in [4.78, 5) is 10.4. The molecular weight excluding hydrogens is 268 g/mol. The third-order valence-electron chi connectivity index (χ3n) is 3.29. The largest absolute Gasteiger partial charge is 0.382 e. The number of aryl methyl sites for hydroxylation is 1. The van der Waals surface area contributed by atoms with Crippen LogP contribution in [0.25, 0.3) is 0 Å². The number of nitro groups is 1. The minimum atomic E-state index is -0.388. The van der Waals surface area contributed by atoms with Crippen LogP contribution in [0.5, 0.6) is 0 Å². The molecule has 0 radical (unpaired) electrons. The first-order chi connectivity index (χ1) is 10.1. The summed E-state index contributed by atoms with van der Waals surface area (Å²) in [5.41, 5.74) is 2.91. The van der Waals surface area contributed by atoms with E-state index < -0.39 is 0 Å². The quantitative estimate of drug-likeness (QED) is 0.649. The van der Waals surface area contributed by atoms with Crippen LogP contribution in [0.1, 0.15) is 17.2 Å². The zero-order chi connectivity index (χ0) is 15.2. The van der Waals surface area contributed by atoms with Crippen LogP contribution in [0.4, 0.5) is 11.4 Å². The highest BCUT2D eigenvalue weighted by Gasteiger charge is 2.14. The minimum absolute atomic E-state index is 0.00337. The lowest BCUT2D eigenvalue weighted by Gasteiger charge is -2.20. The van der Waals surface area contributed by atoms with Crippen LogP contribution < -0.4 is 5.32 Å². The SMILES string of the molecule is COCC(Nc1ccc([N+](=O)[O-])cc1C)c1ccccc1. The Morgan fingerprint density at radius 3 is 2.52 bits per heavy atom. The van der Waals surface area contributed by atoms with Gasteiger partial charge in [-0.2, -0.15) is 0 Å². The van der Waals surface area contributed by atoms with Crippen LogP contribution in [0.3, 0.4) is 0 Å². The number of benzene rings is 2. The van der Waals surface area contributed by atoms with Gasteiger partial charge in [-0.05, 0) is 24.1 Å². The predicted molar refractivity (Wildman–Crippen MR) is 82.5 cm³/mol. The topological polar surface area (TPSA) is 64.4 Å². The summed E-state index contributed by atoms with van der Waals surface area (Å²) < 4.78 is 5.26. The molecule has 1 unspecified atom stereocenters. The molecule has 1 N–H and O–H groups in total. The molecule has 2 aromatic carbocycles. The van der Waals surface area contributed by atoms with Crippen molar-refractivity contribution < 1.29 is 9.66 Å². The molecule has 21 heavy (non-hydrogen) atoms. The van der Waals surface area contributed by atoms with Crippen molar-refractivity contribution in [2.75, 3.05) is 19.0 Å². The highest BCUT2D eigenvalue weighted by atomic mass is 16.6. The van der Waals surface area contributed by atoms with Crippen LogP contribution in [-0.2, 0) is 4.74 Å². The molecule has 0 saturated heterocycles. The summed E-state index contributed by atoms with van der Waals surface area (Å²) in [7, 11) is 1.65. The lowest BCUT2D eigenvalue weighted by molar-refractivity contribution is -0.384. The van der Waals surface area contributed by atoms with Crippen molar-refractivity contribution in [2.45, 2.75) is 13.0 Å². The van der Waals surface area contributed by atoms with Crippen LogP contribution >= 0.6 is 0 Å². The number of nitrogens with zero attached hydrogens (tertiary/aromatic N) is 1. The van der Waals surface area contributed by atoms with E-state index in [-0.39, 0.29) is 16.7 Å². The number of nitro benzene ring substituents is 1. The third kappa shape index (κ3) is 3.79. The van der Waals surface area contributed by atoms with Crippen molar-refractivity contribution in [3.63, 3.8) is 0 Å². The molecule has 0 amide bonds. The van der Waals surface area contributed by atoms with E-state index in [0.29, 0.717) is 6.61 Å². The fraction of sp³-hybridized carbons (Fsp3) is 0.250. The number of nitrogens with one attached hydrogen (secondary N) is 1. The number of methoxy groups -OCH3 is 1. The van der Waals surface area contributed by atoms with Crippen LogP contribution in [0.15, 0.2) is 48.5 Å². The Morgan fingerprint density at radius 2 is 1.95 bits per heavy atom. The summed E-state index contributed by atoms with van der Waals surface area (Å²) in [5, 5.41) is 14.2. The fourth-order valence-electron chi connectivity index (χ4n) is 2.18. The van der Waals surface area contributed by atoms with Gasteiger partial charge in [0.1, 0.15) is 0 Å². The Hall–Kier alpha value is -2.40. The van der Waals surface area contributed by atoms with Crippen molar-refractivity contribution in [2.24, 2.45) is 0 Å². The van der Waals surface area contributed by atoms with E-state index >= 15 is 0 Å². The average Bonchev–Trinajstić information content (AvgIpc) is 2.49. The Kier molecular flexibility index (Phi) is 4.90. The molecule has 110 valence electrons. The molecule has 0 heterocycles. The van der Waals surface area contributed by atoms with Gasteiger partial charge in [-0.3, -0.25) is 10.1 Å². The zero-order valence-corrected chi connectivity index (χ0v) is 12.1. The minimum Gasteiger partial charge on any atom is -0.382 e. The number of hydrogen-bond acceptors (Lipinski definition) is 4. The highest BCUT2D eigenvalue weighted by molar-refractivity contribution is 5.56. The van der Waals surface area contributed by atoms with E-state index in [1.165, 1.54) is 6.07 Å². The molecular formula is C16H18N2O3. The van der Waals surface area contributed by atoms with E-state index in [4.69, 9.17) is 4.74 Å². The zero-order valence-electron chi connectivity index (χ0n) is 12.1. The Morgan fingerprint density at radius 1 is 1.24 bits per heavy atom. The number of rotatable bonds is 6. The molecule has 0 aliphatic rings. The maximum Gasteiger partial charge on any atom is 0.269 e. The second kappa shape index (κ2) is 6.85. The molecule has 0 aliphatic carbocycles. The average molecular weight is 286 g/mol. The molecule has 5 heteroatoms. The molecule has 0 saturated carbocycles. The van der Waals surface area contributed by atoms with Gasteiger partial charge in [-0.1, -0.05) is 30.3 Å². The van der Waals surface area contributed by atoms with E-state index in [9.17, 15) is 10.1 Å². The number of non-ortho nitro benzene ring substituents is 1. The number of ether oxygens (including phenoxy) is 1. The van der Waals surface area contributed by atoms with Gasteiger partial charge >= 0.3 is 0 Å². The Labute approximate surface area is 123 Å². The van der Waals surface area contributed by atoms with Gasteiger partial charge in [0.2, 0.25) is 0 Å². The van der Waals surface area contributed by atoms with E-state index in [1.807, 2.05) is 37.3 Å². The molecule has 0 aromatic heterocycles.